The fourth-order valence-corrected chi connectivity index (χ4v) is 2.07. The molecular weight excluding hydrogens is 232 g/mol. The number of ether oxygens (including phenoxy) is 1. The van der Waals surface area contributed by atoms with E-state index in [-0.39, 0.29) is 11.7 Å². The number of hydrogen-bond acceptors (Lipinski definition) is 4. The zero-order chi connectivity index (χ0) is 13.0. The van der Waals surface area contributed by atoms with Gasteiger partial charge in [0.05, 0.1) is 11.7 Å². The Labute approximate surface area is 106 Å². The molecule has 98 valence electrons. The monoisotopic (exact) mass is 250 g/mol. The highest BCUT2D eigenvalue weighted by Crippen LogP contribution is 2.15. The fourth-order valence-electron chi connectivity index (χ4n) is 2.07. The molecule has 5 heteroatoms. The molecule has 1 unspecified atom stereocenters. The van der Waals surface area contributed by atoms with Gasteiger partial charge in [0.25, 0.3) is 0 Å². The first-order valence-electron chi connectivity index (χ1n) is 6.22. The lowest BCUT2D eigenvalue weighted by Crippen LogP contribution is -2.27. The van der Waals surface area contributed by atoms with E-state index in [0.717, 1.165) is 19.4 Å². The van der Waals surface area contributed by atoms with E-state index in [4.69, 9.17) is 9.84 Å². The van der Waals surface area contributed by atoms with Crippen molar-refractivity contribution in [2.75, 3.05) is 18.5 Å². The van der Waals surface area contributed by atoms with Crippen molar-refractivity contribution in [2.24, 2.45) is 0 Å². The molecule has 2 heterocycles. The van der Waals surface area contributed by atoms with Gasteiger partial charge in [0.15, 0.2) is 0 Å². The van der Waals surface area contributed by atoms with Crippen LogP contribution in [0.2, 0.25) is 0 Å². The molecule has 1 aliphatic heterocycles. The smallest absolute Gasteiger partial charge is 0.335 e. The Hall–Kier alpha value is -1.62. The van der Waals surface area contributed by atoms with Crippen molar-refractivity contribution in [3.05, 3.63) is 23.4 Å². The molecule has 2 N–H and O–H groups in total. The van der Waals surface area contributed by atoms with Gasteiger partial charge in [-0.1, -0.05) is 0 Å². The van der Waals surface area contributed by atoms with E-state index in [1.54, 1.807) is 19.1 Å². The average molecular weight is 250 g/mol. The Morgan fingerprint density at radius 2 is 2.39 bits per heavy atom. The molecule has 1 aromatic rings. The van der Waals surface area contributed by atoms with Gasteiger partial charge < -0.3 is 15.2 Å². The zero-order valence-corrected chi connectivity index (χ0v) is 10.5. The summed E-state index contributed by atoms with van der Waals surface area (Å²) in [4.78, 5) is 15.2. The minimum absolute atomic E-state index is 0.203. The van der Waals surface area contributed by atoms with E-state index in [0.29, 0.717) is 18.1 Å². The van der Waals surface area contributed by atoms with Crippen LogP contribution in [-0.2, 0) is 4.74 Å². The number of anilines is 1. The van der Waals surface area contributed by atoms with E-state index < -0.39 is 5.97 Å². The predicted octanol–water partition coefficient (Wildman–Crippen LogP) is 2.07. The third-order valence-corrected chi connectivity index (χ3v) is 2.99. The van der Waals surface area contributed by atoms with Crippen LogP contribution in [0.5, 0.6) is 0 Å². The number of aryl methyl sites for hydroxylation is 1. The molecular formula is C13H18N2O3. The zero-order valence-electron chi connectivity index (χ0n) is 10.5. The number of carboxylic acid groups (broad SMARTS) is 1. The number of carboxylic acids is 1. The van der Waals surface area contributed by atoms with Crippen molar-refractivity contribution >= 4 is 11.8 Å². The van der Waals surface area contributed by atoms with Crippen LogP contribution in [0.15, 0.2) is 12.1 Å². The van der Waals surface area contributed by atoms with Crippen molar-refractivity contribution in [3.8, 4) is 0 Å². The standard InChI is InChI=1S/C13H18N2O3/c1-9-6-10(13(16)17)7-12(15-9)14-8-11-4-2-3-5-18-11/h6-7,11H,2-5,8H2,1H3,(H,14,15)(H,16,17). The number of nitrogens with zero attached hydrogens (tertiary/aromatic N) is 1. The topological polar surface area (TPSA) is 71.5 Å². The normalized spacial score (nSPS) is 19.5. The van der Waals surface area contributed by atoms with Crippen molar-refractivity contribution in [2.45, 2.75) is 32.3 Å². The van der Waals surface area contributed by atoms with Crippen LogP contribution >= 0.6 is 0 Å². The molecule has 0 bridgehead atoms. The minimum atomic E-state index is -0.933. The summed E-state index contributed by atoms with van der Waals surface area (Å²) in [5.41, 5.74) is 0.955. The molecule has 2 rings (SSSR count). The summed E-state index contributed by atoms with van der Waals surface area (Å²) in [5.74, 6) is -0.334. The average Bonchev–Trinajstić information content (AvgIpc) is 2.37. The summed E-state index contributed by atoms with van der Waals surface area (Å²) in [6.45, 7) is 3.28. The van der Waals surface area contributed by atoms with Crippen LogP contribution in [0.1, 0.15) is 35.3 Å². The van der Waals surface area contributed by atoms with Gasteiger partial charge in [-0.25, -0.2) is 9.78 Å². The van der Waals surface area contributed by atoms with E-state index >= 15 is 0 Å². The first-order valence-corrected chi connectivity index (χ1v) is 6.22. The van der Waals surface area contributed by atoms with E-state index in [9.17, 15) is 4.79 Å². The van der Waals surface area contributed by atoms with Gasteiger partial charge in [-0.05, 0) is 38.3 Å². The highest BCUT2D eigenvalue weighted by atomic mass is 16.5. The van der Waals surface area contributed by atoms with Crippen LogP contribution in [0.25, 0.3) is 0 Å². The number of carbonyl (C=O) groups is 1. The molecule has 1 aliphatic rings. The Balaban J connectivity index is 1.97. The number of aromatic carboxylic acids is 1. The number of rotatable bonds is 4. The van der Waals surface area contributed by atoms with E-state index in [1.165, 1.54) is 6.42 Å². The highest BCUT2D eigenvalue weighted by molar-refractivity contribution is 5.88. The van der Waals surface area contributed by atoms with Gasteiger partial charge in [0.1, 0.15) is 5.82 Å². The number of nitrogens with one attached hydrogen (secondary N) is 1. The van der Waals surface area contributed by atoms with E-state index in [2.05, 4.69) is 10.3 Å². The maximum absolute atomic E-state index is 10.9. The summed E-state index contributed by atoms with van der Waals surface area (Å²) < 4.78 is 5.60. The van der Waals surface area contributed by atoms with Gasteiger partial charge in [-0.2, -0.15) is 0 Å². The van der Waals surface area contributed by atoms with Crippen LogP contribution < -0.4 is 5.32 Å². The molecule has 1 fully saturated rings. The molecule has 0 saturated carbocycles. The van der Waals surface area contributed by atoms with Gasteiger partial charge in [0, 0.05) is 18.8 Å². The lowest BCUT2D eigenvalue weighted by molar-refractivity contribution is 0.0247. The number of aromatic nitrogens is 1. The maximum atomic E-state index is 10.9. The molecule has 0 aromatic carbocycles. The molecule has 0 aliphatic carbocycles. The highest BCUT2D eigenvalue weighted by Gasteiger charge is 2.14. The summed E-state index contributed by atoms with van der Waals surface area (Å²) >= 11 is 0. The molecule has 5 nitrogen and oxygen atoms in total. The second-order valence-corrected chi connectivity index (χ2v) is 4.56. The second-order valence-electron chi connectivity index (χ2n) is 4.56. The van der Waals surface area contributed by atoms with Crippen molar-refractivity contribution in [1.82, 2.24) is 4.98 Å². The molecule has 1 aromatic heterocycles. The Morgan fingerprint density at radius 3 is 3.06 bits per heavy atom. The Kier molecular flexibility index (Phi) is 4.15. The number of pyridine rings is 1. The third-order valence-electron chi connectivity index (χ3n) is 2.99. The molecule has 1 atom stereocenters. The molecule has 0 spiro atoms. The molecule has 1 saturated heterocycles. The Bertz CT molecular complexity index is 428. The summed E-state index contributed by atoms with van der Waals surface area (Å²) in [5, 5.41) is 12.1. The van der Waals surface area contributed by atoms with Crippen molar-refractivity contribution < 1.29 is 14.6 Å². The van der Waals surface area contributed by atoms with Crippen LogP contribution in [0.4, 0.5) is 5.82 Å². The first-order chi connectivity index (χ1) is 8.65. The SMILES string of the molecule is Cc1cc(C(=O)O)cc(NCC2CCCCO2)n1. The predicted molar refractivity (Wildman–Crippen MR) is 68.0 cm³/mol. The van der Waals surface area contributed by atoms with Gasteiger partial charge in [0.2, 0.25) is 0 Å². The van der Waals surface area contributed by atoms with Gasteiger partial charge in [-0.15, -0.1) is 0 Å². The molecule has 18 heavy (non-hydrogen) atoms. The first kappa shape index (κ1) is 12.8. The van der Waals surface area contributed by atoms with Gasteiger partial charge in [-0.3, -0.25) is 0 Å². The van der Waals surface area contributed by atoms with E-state index in [1.807, 2.05) is 0 Å². The fraction of sp³-hybridized carbons (Fsp3) is 0.538. The lowest BCUT2D eigenvalue weighted by Gasteiger charge is -2.23. The maximum Gasteiger partial charge on any atom is 0.335 e. The van der Waals surface area contributed by atoms with Crippen LogP contribution in [-0.4, -0.2) is 35.3 Å². The lowest BCUT2D eigenvalue weighted by atomic mass is 10.1. The summed E-state index contributed by atoms with van der Waals surface area (Å²) in [6.07, 6.45) is 3.57. The largest absolute Gasteiger partial charge is 0.478 e. The second kappa shape index (κ2) is 5.82. The third kappa shape index (κ3) is 3.43. The van der Waals surface area contributed by atoms with Crippen molar-refractivity contribution in [3.63, 3.8) is 0 Å². The Morgan fingerprint density at radius 1 is 1.56 bits per heavy atom. The molecule has 0 amide bonds. The molecule has 0 radical (unpaired) electrons. The summed E-state index contributed by atoms with van der Waals surface area (Å²) in [7, 11) is 0. The quantitative estimate of drug-likeness (QED) is 0.856. The van der Waals surface area contributed by atoms with Crippen molar-refractivity contribution in [1.29, 1.82) is 0 Å². The van der Waals surface area contributed by atoms with Crippen LogP contribution in [0, 0.1) is 6.92 Å². The number of hydrogen-bond donors (Lipinski definition) is 2. The summed E-state index contributed by atoms with van der Waals surface area (Å²) in [6, 6.07) is 3.11. The minimum Gasteiger partial charge on any atom is -0.478 e. The van der Waals surface area contributed by atoms with Crippen LogP contribution in [0.3, 0.4) is 0 Å². The van der Waals surface area contributed by atoms with Gasteiger partial charge >= 0.3 is 5.97 Å².